The minimum absolute atomic E-state index is 0.0937. The van der Waals surface area contributed by atoms with Gasteiger partial charge < -0.3 is 24.6 Å². The third kappa shape index (κ3) is 5.10. The molecule has 3 rings (SSSR count). The average Bonchev–Trinajstić information content (AvgIpc) is 3.27. The maximum Gasteiger partial charge on any atom is 0.408 e. The Hall–Kier alpha value is -2.37. The van der Waals surface area contributed by atoms with Crippen LogP contribution in [0.5, 0.6) is 0 Å². The number of esters is 1. The van der Waals surface area contributed by atoms with Crippen LogP contribution in [0.1, 0.15) is 39.2 Å². The Balaban J connectivity index is 1.67. The maximum atomic E-state index is 13.5. The summed E-state index contributed by atoms with van der Waals surface area (Å²) < 4.78 is 9.90. The molecule has 0 aliphatic carbocycles. The third-order valence-electron chi connectivity index (χ3n) is 6.01. The zero-order chi connectivity index (χ0) is 24.2. The molecular weight excluding hydrogens is 541 g/mol. The van der Waals surface area contributed by atoms with Gasteiger partial charge in [-0.2, -0.15) is 0 Å². The molecular formula is C23H30IN3O6. The van der Waals surface area contributed by atoms with Gasteiger partial charge in [0.15, 0.2) is 5.54 Å². The van der Waals surface area contributed by atoms with Crippen molar-refractivity contribution in [3.05, 3.63) is 35.9 Å². The molecule has 2 fully saturated rings. The summed E-state index contributed by atoms with van der Waals surface area (Å²) >= 11 is 2.11. The SMILES string of the molecule is CCOC(=O)CN1C(=O)C2(CCCN2C(=O)[C@@H](NC(=O)OCc2ccccc2)C(C)C)C1I. The van der Waals surface area contributed by atoms with Crippen molar-refractivity contribution >= 4 is 46.5 Å². The molecule has 1 spiro atoms. The molecule has 0 bridgehead atoms. The summed E-state index contributed by atoms with van der Waals surface area (Å²) in [5.41, 5.74) is -0.152. The highest BCUT2D eigenvalue weighted by Gasteiger charge is 2.66. The van der Waals surface area contributed by atoms with E-state index in [0.29, 0.717) is 19.4 Å². The van der Waals surface area contributed by atoms with E-state index in [1.165, 1.54) is 4.90 Å². The number of alkyl halides is 1. The topological polar surface area (TPSA) is 105 Å². The number of carbonyl (C=O) groups is 4. The van der Waals surface area contributed by atoms with E-state index < -0.39 is 23.6 Å². The average molecular weight is 571 g/mol. The Morgan fingerprint density at radius 3 is 2.52 bits per heavy atom. The first-order chi connectivity index (χ1) is 15.7. The summed E-state index contributed by atoms with van der Waals surface area (Å²) in [4.78, 5) is 54.0. The maximum absolute atomic E-state index is 13.5. The van der Waals surface area contributed by atoms with Crippen LogP contribution in [0, 0.1) is 5.92 Å². The number of amides is 3. The predicted molar refractivity (Wildman–Crippen MR) is 128 cm³/mol. The van der Waals surface area contributed by atoms with E-state index in [0.717, 1.165) is 5.56 Å². The normalized spacial score (nSPS) is 22.8. The van der Waals surface area contributed by atoms with Crippen LogP contribution in [0.2, 0.25) is 0 Å². The molecule has 3 amide bonds. The van der Waals surface area contributed by atoms with Crippen molar-refractivity contribution < 1.29 is 28.7 Å². The number of alkyl carbamates (subject to hydrolysis) is 1. The van der Waals surface area contributed by atoms with E-state index in [1.54, 1.807) is 11.8 Å². The lowest BCUT2D eigenvalue weighted by Crippen LogP contribution is -2.78. The van der Waals surface area contributed by atoms with E-state index >= 15 is 0 Å². The Bertz CT molecular complexity index is 895. The predicted octanol–water partition coefficient (Wildman–Crippen LogP) is 2.47. The van der Waals surface area contributed by atoms with Crippen molar-refractivity contribution in [3.8, 4) is 0 Å². The molecule has 0 radical (unpaired) electrons. The lowest BCUT2D eigenvalue weighted by molar-refractivity contribution is -0.174. The van der Waals surface area contributed by atoms with E-state index in [4.69, 9.17) is 9.47 Å². The fraction of sp³-hybridized carbons (Fsp3) is 0.565. The van der Waals surface area contributed by atoms with E-state index in [-0.39, 0.29) is 41.5 Å². The lowest BCUT2D eigenvalue weighted by Gasteiger charge is -2.55. The number of benzene rings is 1. The summed E-state index contributed by atoms with van der Waals surface area (Å²) in [5, 5.41) is 2.69. The number of carbonyl (C=O) groups excluding carboxylic acids is 4. The van der Waals surface area contributed by atoms with Crippen molar-refractivity contribution in [1.29, 1.82) is 0 Å². The first-order valence-electron chi connectivity index (χ1n) is 11.1. The molecule has 1 aromatic carbocycles. The van der Waals surface area contributed by atoms with Gasteiger partial charge in [0.1, 0.15) is 23.2 Å². The Morgan fingerprint density at radius 1 is 1.21 bits per heavy atom. The quantitative estimate of drug-likeness (QED) is 0.169. The fourth-order valence-electron chi connectivity index (χ4n) is 4.33. The van der Waals surface area contributed by atoms with E-state index in [9.17, 15) is 19.2 Å². The van der Waals surface area contributed by atoms with Gasteiger partial charge in [-0.05, 0) is 31.2 Å². The molecule has 33 heavy (non-hydrogen) atoms. The summed E-state index contributed by atoms with van der Waals surface area (Å²) in [5.74, 6) is -1.25. The van der Waals surface area contributed by atoms with Crippen LogP contribution < -0.4 is 5.32 Å². The van der Waals surface area contributed by atoms with E-state index in [2.05, 4.69) is 27.9 Å². The van der Waals surface area contributed by atoms with Crippen LogP contribution in [-0.4, -0.2) is 69.0 Å². The number of rotatable bonds is 8. The zero-order valence-corrected chi connectivity index (χ0v) is 21.2. The summed E-state index contributed by atoms with van der Waals surface area (Å²) in [6, 6.07) is 8.43. The summed E-state index contributed by atoms with van der Waals surface area (Å²) in [6.07, 6.45) is 0.510. The van der Waals surface area contributed by atoms with Gasteiger partial charge in [0.2, 0.25) is 5.91 Å². The standard InChI is InChI=1S/C23H30IN3O6/c1-4-32-17(28)13-26-20(24)23(21(26)30)11-8-12-27(23)19(29)18(15(2)3)25-22(31)33-14-16-9-6-5-7-10-16/h5-7,9-10,15,18,20H,4,8,11-14H2,1-3H3,(H,25,31)/t18-,20?,23?/m0/s1. The molecule has 0 saturated carbocycles. The van der Waals surface area contributed by atoms with Crippen molar-refractivity contribution in [1.82, 2.24) is 15.1 Å². The van der Waals surface area contributed by atoms with Gasteiger partial charge in [-0.25, -0.2) is 4.79 Å². The molecule has 0 aromatic heterocycles. The molecule has 9 nitrogen and oxygen atoms in total. The minimum Gasteiger partial charge on any atom is -0.465 e. The van der Waals surface area contributed by atoms with E-state index in [1.807, 2.05) is 44.2 Å². The minimum atomic E-state index is -0.993. The summed E-state index contributed by atoms with van der Waals surface area (Å²) in [7, 11) is 0. The zero-order valence-electron chi connectivity index (χ0n) is 19.1. The van der Waals surface area contributed by atoms with Gasteiger partial charge in [0.05, 0.1) is 6.61 Å². The molecule has 180 valence electrons. The Labute approximate surface area is 207 Å². The monoisotopic (exact) mass is 571 g/mol. The van der Waals surface area contributed by atoms with Gasteiger partial charge in [-0.1, -0.05) is 66.8 Å². The summed E-state index contributed by atoms with van der Waals surface area (Å²) in [6.45, 7) is 5.99. The van der Waals surface area contributed by atoms with Crippen LogP contribution in [0.15, 0.2) is 30.3 Å². The molecule has 2 unspecified atom stereocenters. The number of halogens is 1. The third-order valence-corrected chi connectivity index (χ3v) is 7.71. The van der Waals surface area contributed by atoms with Gasteiger partial charge in [0.25, 0.3) is 5.91 Å². The number of β-lactam (4-membered cyclic amide) rings is 1. The van der Waals surface area contributed by atoms with Gasteiger partial charge >= 0.3 is 12.1 Å². The number of hydrogen-bond donors (Lipinski definition) is 1. The second-order valence-corrected chi connectivity index (χ2v) is 9.70. The van der Waals surface area contributed by atoms with Crippen LogP contribution in [0.3, 0.4) is 0 Å². The number of ether oxygens (including phenoxy) is 2. The molecule has 2 heterocycles. The molecule has 10 heteroatoms. The first-order valence-corrected chi connectivity index (χ1v) is 12.4. The highest BCUT2D eigenvalue weighted by Crippen LogP contribution is 2.47. The highest BCUT2D eigenvalue weighted by atomic mass is 127. The van der Waals surface area contributed by atoms with Gasteiger partial charge in [0, 0.05) is 6.54 Å². The van der Waals surface area contributed by atoms with Crippen molar-refractivity contribution in [2.24, 2.45) is 5.92 Å². The van der Waals surface area contributed by atoms with Crippen molar-refractivity contribution in [2.75, 3.05) is 19.7 Å². The second-order valence-electron chi connectivity index (χ2n) is 8.52. The first kappa shape index (κ1) is 25.3. The Kier molecular flexibility index (Phi) is 8.19. The smallest absolute Gasteiger partial charge is 0.408 e. The number of hydrogen-bond acceptors (Lipinski definition) is 6. The Morgan fingerprint density at radius 2 is 1.91 bits per heavy atom. The van der Waals surface area contributed by atoms with Crippen molar-refractivity contribution in [3.63, 3.8) is 0 Å². The molecule has 3 atom stereocenters. The number of nitrogens with zero attached hydrogens (tertiary/aromatic N) is 2. The van der Waals surface area contributed by atoms with Crippen LogP contribution >= 0.6 is 22.6 Å². The lowest BCUT2D eigenvalue weighted by atomic mass is 9.84. The van der Waals surface area contributed by atoms with Crippen LogP contribution in [0.4, 0.5) is 4.79 Å². The van der Waals surface area contributed by atoms with Crippen LogP contribution in [0.25, 0.3) is 0 Å². The number of likely N-dealkylation sites (tertiary alicyclic amines) is 2. The molecule has 1 aromatic rings. The van der Waals surface area contributed by atoms with Gasteiger partial charge in [-0.15, -0.1) is 0 Å². The van der Waals surface area contributed by atoms with Gasteiger partial charge in [-0.3, -0.25) is 14.4 Å². The molecule has 2 aliphatic rings. The second kappa shape index (κ2) is 10.7. The number of nitrogens with one attached hydrogen (secondary N) is 1. The molecule has 1 N–H and O–H groups in total. The molecule has 2 aliphatic heterocycles. The fourth-order valence-corrected chi connectivity index (χ4v) is 5.70. The molecule has 2 saturated heterocycles. The highest BCUT2D eigenvalue weighted by molar-refractivity contribution is 14.1. The van der Waals surface area contributed by atoms with Crippen molar-refractivity contribution in [2.45, 2.75) is 55.8 Å². The largest absolute Gasteiger partial charge is 0.465 e. The van der Waals surface area contributed by atoms with Crippen LogP contribution in [-0.2, 0) is 30.5 Å².